The normalized spacial score (nSPS) is 10.9. The van der Waals surface area contributed by atoms with Crippen molar-refractivity contribution < 1.29 is 9.53 Å². The van der Waals surface area contributed by atoms with Gasteiger partial charge in [0.25, 0.3) is 5.91 Å². The Balaban J connectivity index is 1.97. The largest absolute Gasteiger partial charge is 0.483 e. The molecule has 2 rings (SSSR count). The summed E-state index contributed by atoms with van der Waals surface area (Å²) >= 11 is 0. The van der Waals surface area contributed by atoms with E-state index in [1.54, 1.807) is 22.8 Å². The van der Waals surface area contributed by atoms with E-state index in [2.05, 4.69) is 31.1 Å². The van der Waals surface area contributed by atoms with Gasteiger partial charge in [-0.25, -0.2) is 0 Å². The molecule has 1 aromatic heterocycles. The highest BCUT2D eigenvalue weighted by atomic mass is 16.5. The lowest BCUT2D eigenvalue weighted by molar-refractivity contribution is -0.132. The molecule has 124 valence electrons. The van der Waals surface area contributed by atoms with Crippen molar-refractivity contribution >= 4 is 5.91 Å². The summed E-state index contributed by atoms with van der Waals surface area (Å²) in [6.07, 6.45) is 3.67. The molecule has 0 bridgehead atoms. The smallest absolute Gasteiger partial charge is 0.260 e. The highest BCUT2D eigenvalue weighted by Crippen LogP contribution is 2.27. The van der Waals surface area contributed by atoms with Gasteiger partial charge in [0.15, 0.2) is 6.61 Å². The monoisotopic (exact) mass is 315 g/mol. The second-order valence-corrected chi connectivity index (χ2v) is 6.26. The van der Waals surface area contributed by atoms with Crippen molar-refractivity contribution in [2.45, 2.75) is 33.2 Å². The Morgan fingerprint density at radius 2 is 2.13 bits per heavy atom. The molecule has 0 N–H and O–H groups in total. The van der Waals surface area contributed by atoms with E-state index in [-0.39, 0.29) is 12.5 Å². The third-order valence-electron chi connectivity index (χ3n) is 3.75. The zero-order valence-electron chi connectivity index (χ0n) is 14.5. The minimum absolute atomic E-state index is 0.0416. The van der Waals surface area contributed by atoms with Gasteiger partial charge in [-0.3, -0.25) is 9.48 Å². The minimum Gasteiger partial charge on any atom is -0.483 e. The van der Waals surface area contributed by atoms with Crippen LogP contribution in [0.25, 0.3) is 0 Å². The van der Waals surface area contributed by atoms with Crippen LogP contribution in [-0.4, -0.2) is 34.2 Å². The van der Waals surface area contributed by atoms with E-state index in [1.807, 2.05) is 26.2 Å². The summed E-state index contributed by atoms with van der Waals surface area (Å²) in [6, 6.07) is 6.13. The van der Waals surface area contributed by atoms with Crippen molar-refractivity contribution in [2.75, 3.05) is 13.7 Å². The summed E-state index contributed by atoms with van der Waals surface area (Å²) in [6.45, 7) is 6.83. The molecule has 0 radical (unpaired) electrons. The van der Waals surface area contributed by atoms with Gasteiger partial charge in [0.1, 0.15) is 5.75 Å². The average molecular weight is 315 g/mol. The second kappa shape index (κ2) is 7.31. The van der Waals surface area contributed by atoms with Gasteiger partial charge in [-0.15, -0.1) is 0 Å². The Hall–Kier alpha value is -2.30. The Bertz CT molecular complexity index is 677. The highest BCUT2D eigenvalue weighted by molar-refractivity contribution is 5.77. The molecule has 0 aliphatic heterocycles. The predicted molar refractivity (Wildman–Crippen MR) is 90.4 cm³/mol. The molecule has 0 aliphatic rings. The first-order valence-corrected chi connectivity index (χ1v) is 7.81. The topological polar surface area (TPSA) is 47.4 Å². The van der Waals surface area contributed by atoms with E-state index in [0.29, 0.717) is 12.5 Å². The molecular formula is C18H25N3O2. The lowest BCUT2D eigenvalue weighted by atomic mass is 10.0. The predicted octanol–water partition coefficient (Wildman–Crippen LogP) is 2.89. The summed E-state index contributed by atoms with van der Waals surface area (Å²) in [4.78, 5) is 13.9. The van der Waals surface area contributed by atoms with Gasteiger partial charge >= 0.3 is 0 Å². The van der Waals surface area contributed by atoms with Crippen LogP contribution in [0.3, 0.4) is 0 Å². The van der Waals surface area contributed by atoms with Crippen LogP contribution in [0.15, 0.2) is 30.6 Å². The molecule has 0 fully saturated rings. The van der Waals surface area contributed by atoms with E-state index in [1.165, 1.54) is 0 Å². The lowest BCUT2D eigenvalue weighted by Gasteiger charge is -2.18. The zero-order chi connectivity index (χ0) is 17.0. The molecule has 2 aromatic rings. The molecule has 0 unspecified atom stereocenters. The first-order valence-electron chi connectivity index (χ1n) is 7.81. The second-order valence-electron chi connectivity index (χ2n) is 6.26. The first kappa shape index (κ1) is 17.1. The standard InChI is InChI=1S/C18H25N3O2/c1-13(2)16-7-6-14(3)8-17(16)23-12-18(22)20(4)10-15-9-19-21(5)11-15/h6-9,11,13H,10,12H2,1-5H3. The van der Waals surface area contributed by atoms with Gasteiger partial charge in [0, 0.05) is 32.4 Å². The molecule has 5 nitrogen and oxygen atoms in total. The van der Waals surface area contributed by atoms with E-state index >= 15 is 0 Å². The van der Waals surface area contributed by atoms with Crippen LogP contribution in [0, 0.1) is 6.92 Å². The van der Waals surface area contributed by atoms with Crippen molar-refractivity contribution in [1.29, 1.82) is 0 Å². The van der Waals surface area contributed by atoms with Crippen LogP contribution in [0.5, 0.6) is 5.75 Å². The van der Waals surface area contributed by atoms with Crippen LogP contribution in [-0.2, 0) is 18.4 Å². The molecule has 1 aromatic carbocycles. The molecule has 0 atom stereocenters. The average Bonchev–Trinajstić information content (AvgIpc) is 2.89. The van der Waals surface area contributed by atoms with Crippen molar-refractivity contribution in [3.05, 3.63) is 47.3 Å². The number of hydrogen-bond acceptors (Lipinski definition) is 3. The maximum absolute atomic E-state index is 12.3. The summed E-state index contributed by atoms with van der Waals surface area (Å²) < 4.78 is 7.52. The van der Waals surface area contributed by atoms with E-state index in [4.69, 9.17) is 4.74 Å². The number of amides is 1. The van der Waals surface area contributed by atoms with Crippen molar-refractivity contribution in [3.63, 3.8) is 0 Å². The Morgan fingerprint density at radius 3 is 2.74 bits per heavy atom. The van der Waals surface area contributed by atoms with Gasteiger partial charge in [-0.2, -0.15) is 5.10 Å². The Morgan fingerprint density at radius 1 is 1.39 bits per heavy atom. The molecule has 1 amide bonds. The quantitative estimate of drug-likeness (QED) is 0.823. The number of rotatable bonds is 6. The lowest BCUT2D eigenvalue weighted by Crippen LogP contribution is -2.31. The Kier molecular flexibility index (Phi) is 5.42. The van der Waals surface area contributed by atoms with Crippen molar-refractivity contribution in [2.24, 2.45) is 7.05 Å². The minimum atomic E-state index is -0.0509. The molecule has 0 saturated carbocycles. The molecule has 0 saturated heterocycles. The Labute approximate surface area is 137 Å². The number of ether oxygens (including phenoxy) is 1. The first-order chi connectivity index (χ1) is 10.9. The molecule has 0 spiro atoms. The van der Waals surface area contributed by atoms with Crippen LogP contribution in [0.2, 0.25) is 0 Å². The number of aryl methyl sites for hydroxylation is 2. The van der Waals surface area contributed by atoms with Crippen LogP contribution in [0.1, 0.15) is 36.5 Å². The summed E-state index contributed by atoms with van der Waals surface area (Å²) in [7, 11) is 3.64. The fourth-order valence-electron chi connectivity index (χ4n) is 2.41. The third-order valence-corrected chi connectivity index (χ3v) is 3.75. The van der Waals surface area contributed by atoms with Crippen LogP contribution < -0.4 is 4.74 Å². The summed E-state index contributed by atoms with van der Waals surface area (Å²) in [5.41, 5.74) is 3.25. The summed E-state index contributed by atoms with van der Waals surface area (Å²) in [5.74, 6) is 1.10. The highest BCUT2D eigenvalue weighted by Gasteiger charge is 2.14. The van der Waals surface area contributed by atoms with E-state index in [9.17, 15) is 4.79 Å². The third kappa shape index (κ3) is 4.58. The van der Waals surface area contributed by atoms with Gasteiger partial charge in [0.2, 0.25) is 0 Å². The number of carbonyl (C=O) groups is 1. The summed E-state index contributed by atoms with van der Waals surface area (Å²) in [5, 5.41) is 4.11. The SMILES string of the molecule is Cc1ccc(C(C)C)c(OCC(=O)N(C)Cc2cnn(C)c2)c1. The number of hydrogen-bond donors (Lipinski definition) is 0. The van der Waals surface area contributed by atoms with Gasteiger partial charge in [-0.1, -0.05) is 26.0 Å². The molecule has 23 heavy (non-hydrogen) atoms. The van der Waals surface area contributed by atoms with Crippen molar-refractivity contribution in [3.8, 4) is 5.75 Å². The number of carbonyl (C=O) groups excluding carboxylic acids is 1. The van der Waals surface area contributed by atoms with Gasteiger partial charge in [0.05, 0.1) is 6.20 Å². The van der Waals surface area contributed by atoms with Gasteiger partial charge in [-0.05, 0) is 30.0 Å². The molecule has 1 heterocycles. The maximum Gasteiger partial charge on any atom is 0.260 e. The fourth-order valence-corrected chi connectivity index (χ4v) is 2.41. The number of aromatic nitrogens is 2. The number of benzene rings is 1. The van der Waals surface area contributed by atoms with Crippen molar-refractivity contribution in [1.82, 2.24) is 14.7 Å². The number of nitrogens with zero attached hydrogens (tertiary/aromatic N) is 3. The molecular weight excluding hydrogens is 290 g/mol. The molecule has 5 heteroatoms. The maximum atomic E-state index is 12.3. The van der Waals surface area contributed by atoms with Gasteiger partial charge < -0.3 is 9.64 Å². The van der Waals surface area contributed by atoms with Crippen LogP contribution >= 0.6 is 0 Å². The number of likely N-dealkylation sites (N-methyl/N-ethyl adjacent to an activating group) is 1. The van der Waals surface area contributed by atoms with E-state index in [0.717, 1.165) is 22.4 Å². The zero-order valence-corrected chi connectivity index (χ0v) is 14.5. The molecule has 0 aliphatic carbocycles. The van der Waals surface area contributed by atoms with E-state index < -0.39 is 0 Å². The van der Waals surface area contributed by atoms with Crippen LogP contribution in [0.4, 0.5) is 0 Å². The fraction of sp³-hybridized carbons (Fsp3) is 0.444.